The molecule has 40 heavy (non-hydrogen) atoms. The van der Waals surface area contributed by atoms with Crippen LogP contribution in [0.1, 0.15) is 5.56 Å². The molecule has 1 aliphatic rings. The van der Waals surface area contributed by atoms with Crippen LogP contribution in [0.3, 0.4) is 0 Å². The van der Waals surface area contributed by atoms with Crippen molar-refractivity contribution in [2.45, 2.75) is 4.21 Å². The van der Waals surface area contributed by atoms with Gasteiger partial charge in [-0.15, -0.1) is 22.9 Å². The number of nitrogens with zero attached hydrogens (tertiary/aromatic N) is 2. The van der Waals surface area contributed by atoms with Crippen molar-refractivity contribution >= 4 is 50.6 Å². The molecule has 0 fully saturated rings. The number of hydrogen-bond donors (Lipinski definition) is 1. The number of ether oxygens (including phenoxy) is 2. The molecule has 1 aliphatic heterocycles. The maximum absolute atomic E-state index is 15.6. The standard InChI is InChI=1S/C25H22ClFN3O7PS2/c26-9-13-36-24-19(16-28)22-21(15-20(24)35-14-12-30-10-5-2-6-11-30)39-25(23(22)27)40(33,34)29-17-38(31,32)37-18-7-3-1-4-8-18/h1-8,15,29H,9-10,12-14,17H2. The fraction of sp³-hybridized carbons (Fsp3) is 0.240. The van der Waals surface area contributed by atoms with Crippen LogP contribution in [-0.2, 0) is 14.6 Å². The molecule has 210 valence electrons. The Balaban J connectivity index is 1.62. The van der Waals surface area contributed by atoms with Crippen molar-refractivity contribution in [1.29, 1.82) is 5.26 Å². The first kappa shape index (κ1) is 29.8. The minimum atomic E-state index is -4.73. The molecule has 15 heteroatoms. The molecular weight excluding hydrogens is 604 g/mol. The Hall–Kier alpha value is -3.20. The smallest absolute Gasteiger partial charge is 0.253 e. The maximum atomic E-state index is 15.6. The van der Waals surface area contributed by atoms with Crippen LogP contribution in [0.5, 0.6) is 17.2 Å². The summed E-state index contributed by atoms with van der Waals surface area (Å²) in [4.78, 5) is 14.2. The van der Waals surface area contributed by atoms with Gasteiger partial charge in [0.2, 0.25) is 0 Å². The molecule has 0 saturated carbocycles. The zero-order valence-corrected chi connectivity index (χ0v) is 24.0. The van der Waals surface area contributed by atoms with Crippen molar-refractivity contribution in [1.82, 2.24) is 9.62 Å². The van der Waals surface area contributed by atoms with Gasteiger partial charge in [0.15, 0.2) is 41.4 Å². The van der Waals surface area contributed by atoms with E-state index in [-0.39, 0.29) is 52.0 Å². The molecule has 0 saturated heterocycles. The van der Waals surface area contributed by atoms with Gasteiger partial charge in [0.1, 0.15) is 30.6 Å². The van der Waals surface area contributed by atoms with Crippen LogP contribution in [0.4, 0.5) is 4.39 Å². The summed E-state index contributed by atoms with van der Waals surface area (Å²) in [5.41, 5.74) is -0.276. The number of allylic oxidation sites excluding steroid dienone is 2. The minimum absolute atomic E-state index is 0.00518. The van der Waals surface area contributed by atoms with Crippen LogP contribution >= 0.6 is 30.5 Å². The Kier molecular flexibility index (Phi) is 9.66. The molecule has 4 rings (SSSR count). The lowest BCUT2D eigenvalue weighted by molar-refractivity contribution is -0.191. The Morgan fingerprint density at radius 1 is 1.27 bits per heavy atom. The molecule has 1 atom stereocenters. The van der Waals surface area contributed by atoms with Crippen LogP contribution in [0.2, 0.25) is 0 Å². The van der Waals surface area contributed by atoms with Gasteiger partial charge in [-0.2, -0.15) is 5.26 Å². The molecule has 0 spiro atoms. The van der Waals surface area contributed by atoms with Gasteiger partial charge in [-0.1, -0.05) is 18.2 Å². The predicted octanol–water partition coefficient (Wildman–Crippen LogP) is 3.97. The highest BCUT2D eigenvalue weighted by molar-refractivity contribution is 7.92. The number of nitriles is 1. The van der Waals surface area contributed by atoms with Crippen LogP contribution in [0.15, 0.2) is 58.8 Å². The molecule has 1 N–H and O–H groups in total. The Bertz CT molecular complexity index is 1620. The Morgan fingerprint density at radius 2 is 2.05 bits per heavy atom. The molecule has 10 nitrogen and oxygen atoms in total. The second-order valence-corrected chi connectivity index (χ2v) is 13.3. The number of thiophene rings is 1. The van der Waals surface area contributed by atoms with E-state index in [1.54, 1.807) is 24.3 Å². The van der Waals surface area contributed by atoms with Gasteiger partial charge in [-0.05, 0) is 12.1 Å². The molecular formula is C25H22ClFN3O7PS2. The molecule has 3 aromatic rings. The summed E-state index contributed by atoms with van der Waals surface area (Å²) in [5.74, 6) is -1.14. The summed E-state index contributed by atoms with van der Waals surface area (Å²) in [6.07, 6.45) is 7.47. The average Bonchev–Trinajstić information content (AvgIpc) is 3.28. The number of halogens is 2. The van der Waals surface area contributed by atoms with E-state index in [1.807, 2.05) is 27.8 Å². The number of nitrogens with one attached hydrogen (secondary N) is 1. The van der Waals surface area contributed by atoms with E-state index in [0.29, 0.717) is 24.4 Å². The van der Waals surface area contributed by atoms with Crippen molar-refractivity contribution in [2.75, 3.05) is 38.5 Å². The summed E-state index contributed by atoms with van der Waals surface area (Å²) in [6, 6.07) is 10.8. The molecule has 0 amide bonds. The average molecular weight is 626 g/mol. The summed E-state index contributed by atoms with van der Waals surface area (Å²) >= 11 is 6.26. The lowest BCUT2D eigenvalue weighted by Crippen LogP contribution is -2.29. The van der Waals surface area contributed by atoms with Crippen LogP contribution in [0, 0.1) is 23.3 Å². The van der Waals surface area contributed by atoms with E-state index in [0.717, 1.165) is 0 Å². The van der Waals surface area contributed by atoms with Crippen molar-refractivity contribution in [3.05, 3.63) is 72.2 Å². The molecule has 0 radical (unpaired) electrons. The molecule has 1 aromatic heterocycles. The van der Waals surface area contributed by atoms with Gasteiger partial charge in [0.25, 0.3) is 10.0 Å². The van der Waals surface area contributed by atoms with Gasteiger partial charge >= 0.3 is 0 Å². The van der Waals surface area contributed by atoms with Crippen molar-refractivity contribution in [3.8, 4) is 23.3 Å². The molecule has 2 aromatic carbocycles. The number of fused-ring (bicyclic) bond motifs is 1. The van der Waals surface area contributed by atoms with E-state index < -0.39 is 33.9 Å². The Morgan fingerprint density at radius 3 is 2.73 bits per heavy atom. The monoisotopic (exact) mass is 625 g/mol. The van der Waals surface area contributed by atoms with Gasteiger partial charge < -0.3 is 18.9 Å². The van der Waals surface area contributed by atoms with E-state index in [2.05, 4.69) is 6.20 Å². The van der Waals surface area contributed by atoms with E-state index in [1.165, 1.54) is 18.2 Å². The van der Waals surface area contributed by atoms with Gasteiger partial charge in [-0.3, -0.25) is 4.57 Å². The first-order valence-electron chi connectivity index (χ1n) is 11.7. The normalized spacial score (nSPS) is 14.4. The lowest BCUT2D eigenvalue weighted by Gasteiger charge is -2.24. The largest absolute Gasteiger partial charge is 0.768 e. The van der Waals surface area contributed by atoms with Crippen LogP contribution < -0.4 is 23.6 Å². The zero-order chi connectivity index (χ0) is 28.8. The zero-order valence-electron chi connectivity index (χ0n) is 20.7. The second-order valence-electron chi connectivity index (χ2n) is 8.14. The van der Waals surface area contributed by atoms with Crippen molar-refractivity contribution in [2.24, 2.45) is 0 Å². The van der Waals surface area contributed by atoms with Gasteiger partial charge in [0, 0.05) is 16.8 Å². The fourth-order valence-electron chi connectivity index (χ4n) is 3.62. The van der Waals surface area contributed by atoms with Gasteiger partial charge in [0.05, 0.1) is 36.7 Å². The van der Waals surface area contributed by atoms with Crippen molar-refractivity contribution < 1.29 is 36.3 Å². The highest BCUT2D eigenvalue weighted by atomic mass is 35.5. The summed E-state index contributed by atoms with van der Waals surface area (Å²) < 4.78 is 71.4. The van der Waals surface area contributed by atoms with E-state index in [4.69, 9.17) is 25.6 Å². The SMILES string of the molecule is N#Cc1c(OCCCl)c(OCCN2[C+]=CC=CC2)cc2sc(S(=O)(=O)NCP(=O)([O-])Oc3ccccc3)c(F)c12. The number of hydrogen-bond acceptors (Lipinski definition) is 10. The number of para-hydroxylation sites is 1. The quantitative estimate of drug-likeness (QED) is 0.170. The third kappa shape index (κ3) is 7.11. The predicted molar refractivity (Wildman–Crippen MR) is 147 cm³/mol. The van der Waals surface area contributed by atoms with E-state index >= 15 is 4.39 Å². The lowest BCUT2D eigenvalue weighted by atomic mass is 10.1. The molecule has 0 aliphatic carbocycles. The fourth-order valence-corrected chi connectivity index (χ4v) is 7.72. The Labute approximate surface area is 239 Å². The van der Waals surface area contributed by atoms with Crippen LogP contribution in [-0.4, -0.2) is 51.8 Å². The van der Waals surface area contributed by atoms with Crippen LogP contribution in [0.25, 0.3) is 10.1 Å². The number of benzene rings is 2. The molecule has 1 unspecified atom stereocenters. The van der Waals surface area contributed by atoms with Crippen molar-refractivity contribution in [3.63, 3.8) is 0 Å². The second kappa shape index (κ2) is 13.0. The molecule has 0 bridgehead atoms. The highest BCUT2D eigenvalue weighted by Crippen LogP contribution is 2.44. The summed E-state index contributed by atoms with van der Waals surface area (Å²) in [6.45, 7) is 1.21. The summed E-state index contributed by atoms with van der Waals surface area (Å²) in [7, 11) is -9.40. The number of sulfonamides is 1. The third-order valence-electron chi connectivity index (χ3n) is 5.36. The maximum Gasteiger partial charge on any atom is 0.253 e. The number of alkyl halides is 1. The first-order chi connectivity index (χ1) is 19.1. The summed E-state index contributed by atoms with van der Waals surface area (Å²) in [5, 5.41) is 9.59. The topological polar surface area (TPSA) is 141 Å². The molecule has 2 heterocycles. The van der Waals surface area contributed by atoms with E-state index in [9.17, 15) is 23.1 Å². The highest BCUT2D eigenvalue weighted by Gasteiger charge is 2.30. The third-order valence-corrected chi connectivity index (χ3v) is 9.77. The number of rotatable bonds is 13. The first-order valence-corrected chi connectivity index (χ1v) is 16.3. The minimum Gasteiger partial charge on any atom is -0.768 e. The van der Waals surface area contributed by atoms with Gasteiger partial charge in [-0.25, -0.2) is 22.4 Å².